The van der Waals surface area contributed by atoms with Crippen molar-refractivity contribution in [1.29, 1.82) is 0 Å². The SMILES string of the molecule is Cc1ccc(-c2noc(CSc3nc4sc5c(c4c(=O)n3C)CCC5)n2)cc1F. The molecule has 29 heavy (non-hydrogen) atoms. The molecule has 0 fully saturated rings. The molecule has 0 atom stereocenters. The molecule has 0 radical (unpaired) electrons. The van der Waals surface area contributed by atoms with Gasteiger partial charge in [-0.3, -0.25) is 9.36 Å². The smallest absolute Gasteiger partial charge is 0.262 e. The molecule has 5 rings (SSSR count). The first-order chi connectivity index (χ1) is 14.0. The average Bonchev–Trinajstić information content (AvgIpc) is 3.41. The molecule has 0 spiro atoms. The zero-order valence-corrected chi connectivity index (χ0v) is 17.5. The number of halogens is 1. The topological polar surface area (TPSA) is 73.8 Å². The normalized spacial score (nSPS) is 13.3. The fourth-order valence-electron chi connectivity index (χ4n) is 3.52. The zero-order valence-electron chi connectivity index (χ0n) is 15.9. The van der Waals surface area contributed by atoms with E-state index >= 15 is 0 Å². The predicted molar refractivity (Wildman–Crippen MR) is 111 cm³/mol. The Kier molecular flexibility index (Phi) is 4.51. The van der Waals surface area contributed by atoms with Crippen LogP contribution < -0.4 is 5.56 Å². The third-order valence-electron chi connectivity index (χ3n) is 5.13. The van der Waals surface area contributed by atoms with Crippen LogP contribution in [0.1, 0.15) is 28.3 Å². The van der Waals surface area contributed by atoms with Crippen molar-refractivity contribution in [3.63, 3.8) is 0 Å². The molecule has 0 N–H and O–H groups in total. The second-order valence-corrected chi connectivity index (χ2v) is 9.09. The van der Waals surface area contributed by atoms with Gasteiger partial charge in [0.15, 0.2) is 5.16 Å². The van der Waals surface area contributed by atoms with Gasteiger partial charge < -0.3 is 4.52 Å². The average molecular weight is 429 g/mol. The summed E-state index contributed by atoms with van der Waals surface area (Å²) < 4.78 is 20.7. The largest absolute Gasteiger partial charge is 0.338 e. The van der Waals surface area contributed by atoms with Crippen LogP contribution in [0.15, 0.2) is 32.7 Å². The van der Waals surface area contributed by atoms with Crippen molar-refractivity contribution in [2.75, 3.05) is 0 Å². The van der Waals surface area contributed by atoms with Gasteiger partial charge in [-0.2, -0.15) is 4.98 Å². The number of fused-ring (bicyclic) bond motifs is 3. The minimum absolute atomic E-state index is 0.00162. The number of rotatable bonds is 4. The molecular formula is C20H17FN4O2S2. The highest BCUT2D eigenvalue weighted by molar-refractivity contribution is 7.98. The van der Waals surface area contributed by atoms with Gasteiger partial charge in [-0.1, -0.05) is 29.1 Å². The summed E-state index contributed by atoms with van der Waals surface area (Å²) in [6, 6.07) is 4.84. The molecule has 0 saturated carbocycles. The van der Waals surface area contributed by atoms with Crippen LogP contribution in [0.5, 0.6) is 0 Å². The van der Waals surface area contributed by atoms with Gasteiger partial charge in [-0.15, -0.1) is 11.3 Å². The van der Waals surface area contributed by atoms with Gasteiger partial charge in [-0.05, 0) is 43.4 Å². The molecule has 0 bridgehead atoms. The summed E-state index contributed by atoms with van der Waals surface area (Å²) in [7, 11) is 1.74. The summed E-state index contributed by atoms with van der Waals surface area (Å²) in [5, 5.41) is 5.33. The van der Waals surface area contributed by atoms with E-state index < -0.39 is 0 Å². The van der Waals surface area contributed by atoms with Crippen LogP contribution in [-0.4, -0.2) is 19.7 Å². The minimum atomic E-state index is -0.307. The van der Waals surface area contributed by atoms with Crippen molar-refractivity contribution in [2.24, 2.45) is 7.05 Å². The summed E-state index contributed by atoms with van der Waals surface area (Å²) in [4.78, 5) is 24.0. The van der Waals surface area contributed by atoms with E-state index in [1.165, 1.54) is 28.3 Å². The van der Waals surface area contributed by atoms with E-state index in [0.29, 0.717) is 33.8 Å². The van der Waals surface area contributed by atoms with Crippen molar-refractivity contribution < 1.29 is 8.91 Å². The molecule has 4 aromatic rings. The number of aromatic nitrogens is 4. The Bertz CT molecular complexity index is 1310. The summed E-state index contributed by atoms with van der Waals surface area (Å²) in [6.07, 6.45) is 3.11. The van der Waals surface area contributed by atoms with E-state index in [1.807, 2.05) is 0 Å². The van der Waals surface area contributed by atoms with E-state index in [1.54, 1.807) is 42.0 Å². The Morgan fingerprint density at radius 1 is 1.31 bits per heavy atom. The molecule has 148 valence electrons. The lowest BCUT2D eigenvalue weighted by Crippen LogP contribution is -2.20. The number of hydrogen-bond donors (Lipinski definition) is 0. The molecule has 1 aliphatic carbocycles. The second kappa shape index (κ2) is 7.07. The second-order valence-electron chi connectivity index (χ2n) is 7.06. The Balaban J connectivity index is 1.40. The zero-order chi connectivity index (χ0) is 20.1. The van der Waals surface area contributed by atoms with Crippen molar-refractivity contribution in [2.45, 2.75) is 37.1 Å². The highest BCUT2D eigenvalue weighted by Gasteiger charge is 2.22. The fourth-order valence-corrected chi connectivity index (χ4v) is 5.64. The molecule has 0 aliphatic heterocycles. The highest BCUT2D eigenvalue weighted by Crippen LogP contribution is 2.35. The number of thioether (sulfide) groups is 1. The van der Waals surface area contributed by atoms with Gasteiger partial charge in [-0.25, -0.2) is 9.37 Å². The van der Waals surface area contributed by atoms with Gasteiger partial charge in [0.05, 0.1) is 11.1 Å². The van der Waals surface area contributed by atoms with Gasteiger partial charge in [0.25, 0.3) is 5.56 Å². The van der Waals surface area contributed by atoms with Crippen LogP contribution in [0, 0.1) is 12.7 Å². The molecule has 1 aliphatic rings. The maximum Gasteiger partial charge on any atom is 0.262 e. The maximum absolute atomic E-state index is 13.8. The Morgan fingerprint density at radius 2 is 2.17 bits per heavy atom. The first-order valence-electron chi connectivity index (χ1n) is 9.24. The standard InChI is InChI=1S/C20H17FN4O2S2/c1-10-6-7-11(8-13(10)21)17-22-15(27-24-17)9-28-20-23-18-16(19(26)25(20)2)12-4-3-5-14(12)29-18/h6-8H,3-5,9H2,1-2H3. The van der Waals surface area contributed by atoms with Crippen molar-refractivity contribution in [1.82, 2.24) is 19.7 Å². The number of hydrogen-bond acceptors (Lipinski definition) is 7. The van der Waals surface area contributed by atoms with Crippen molar-refractivity contribution >= 4 is 33.3 Å². The van der Waals surface area contributed by atoms with Crippen LogP contribution in [0.2, 0.25) is 0 Å². The van der Waals surface area contributed by atoms with E-state index in [-0.39, 0.29) is 11.4 Å². The van der Waals surface area contributed by atoms with Gasteiger partial charge in [0, 0.05) is 17.5 Å². The first kappa shape index (κ1) is 18.5. The number of thiophene rings is 1. The quantitative estimate of drug-likeness (QED) is 0.357. The maximum atomic E-state index is 13.8. The number of benzene rings is 1. The first-order valence-corrected chi connectivity index (χ1v) is 11.0. The summed E-state index contributed by atoms with van der Waals surface area (Å²) >= 11 is 3.00. The van der Waals surface area contributed by atoms with E-state index in [0.717, 1.165) is 29.5 Å². The van der Waals surface area contributed by atoms with Crippen molar-refractivity contribution in [3.05, 3.63) is 56.3 Å². The van der Waals surface area contributed by atoms with Crippen LogP contribution in [0.4, 0.5) is 4.39 Å². The summed E-state index contributed by atoms with van der Waals surface area (Å²) in [6.45, 7) is 1.70. The Labute approximate surface area is 173 Å². The van der Waals surface area contributed by atoms with Crippen LogP contribution >= 0.6 is 23.1 Å². The molecule has 0 saturated heterocycles. The van der Waals surface area contributed by atoms with E-state index in [4.69, 9.17) is 9.51 Å². The minimum Gasteiger partial charge on any atom is -0.338 e. The monoisotopic (exact) mass is 428 g/mol. The fraction of sp³-hybridized carbons (Fsp3) is 0.300. The van der Waals surface area contributed by atoms with Crippen LogP contribution in [0.3, 0.4) is 0 Å². The number of nitrogens with zero attached hydrogens (tertiary/aromatic N) is 4. The highest BCUT2D eigenvalue weighted by atomic mass is 32.2. The third kappa shape index (κ3) is 3.18. The Morgan fingerprint density at radius 3 is 3.00 bits per heavy atom. The molecule has 0 unspecified atom stereocenters. The lowest BCUT2D eigenvalue weighted by atomic mass is 10.1. The van der Waals surface area contributed by atoms with Gasteiger partial charge in [0.1, 0.15) is 10.6 Å². The molecule has 6 nitrogen and oxygen atoms in total. The predicted octanol–water partition coefficient (Wildman–Crippen LogP) is 4.27. The van der Waals surface area contributed by atoms with Crippen LogP contribution in [-0.2, 0) is 25.6 Å². The molecule has 3 aromatic heterocycles. The van der Waals surface area contributed by atoms with Gasteiger partial charge in [0.2, 0.25) is 11.7 Å². The van der Waals surface area contributed by atoms with E-state index in [9.17, 15) is 9.18 Å². The molecule has 9 heteroatoms. The van der Waals surface area contributed by atoms with Crippen LogP contribution in [0.25, 0.3) is 21.6 Å². The molecular weight excluding hydrogens is 411 g/mol. The lowest BCUT2D eigenvalue weighted by molar-refractivity contribution is 0.391. The molecule has 0 amide bonds. The van der Waals surface area contributed by atoms with Crippen molar-refractivity contribution in [3.8, 4) is 11.4 Å². The Hall–Kier alpha value is -2.52. The van der Waals surface area contributed by atoms with Gasteiger partial charge >= 0.3 is 0 Å². The summed E-state index contributed by atoms with van der Waals surface area (Å²) in [5.74, 6) is 0.803. The lowest BCUT2D eigenvalue weighted by Gasteiger charge is -2.06. The molecule has 3 heterocycles. The number of aryl methyl sites for hydroxylation is 3. The van der Waals surface area contributed by atoms with E-state index in [2.05, 4.69) is 10.1 Å². The third-order valence-corrected chi connectivity index (χ3v) is 7.33. The molecule has 1 aromatic carbocycles. The summed E-state index contributed by atoms with van der Waals surface area (Å²) in [5.41, 5.74) is 2.31.